The second-order valence-electron chi connectivity index (χ2n) is 5.61. The predicted octanol–water partition coefficient (Wildman–Crippen LogP) is 0.159. The minimum atomic E-state index is -0.517. The lowest BCUT2D eigenvalue weighted by molar-refractivity contribution is -0.136. The third-order valence-electron chi connectivity index (χ3n) is 4.00. The van der Waals surface area contributed by atoms with Crippen molar-refractivity contribution >= 4 is 12.0 Å². The summed E-state index contributed by atoms with van der Waals surface area (Å²) in [6.07, 6.45) is 5.62. The minimum absolute atomic E-state index is 0.108. The number of amides is 2. The monoisotopic (exact) mass is 293 g/mol. The van der Waals surface area contributed by atoms with Crippen LogP contribution in [0.15, 0.2) is 12.7 Å². The molecule has 0 radical (unpaired) electrons. The lowest BCUT2D eigenvalue weighted by atomic mass is 9.93. The van der Waals surface area contributed by atoms with E-state index in [2.05, 4.69) is 15.4 Å². The van der Waals surface area contributed by atoms with Gasteiger partial charge in [-0.1, -0.05) is 0 Å². The van der Waals surface area contributed by atoms with Gasteiger partial charge in [-0.25, -0.2) is 9.78 Å². The summed E-state index contributed by atoms with van der Waals surface area (Å²) in [5.74, 6) is 0.108. The number of nitrogens with zero attached hydrogens (tertiary/aromatic N) is 4. The number of ether oxygens (including phenoxy) is 1. The van der Waals surface area contributed by atoms with E-state index in [1.165, 1.54) is 6.33 Å². The van der Waals surface area contributed by atoms with E-state index in [0.717, 1.165) is 25.8 Å². The molecule has 0 saturated carbocycles. The number of carbonyl (C=O) groups excluding carboxylic acids is 2. The molecule has 1 spiro atoms. The standard InChI is InChI=1S/C13H19N5O3/c19-11(3-1-6-18-10-14-9-16-18)17-5-2-4-13(8-17)7-15-12(20)21-13/h9-10H,1-8H2,(H,15,20)/t13-/m0/s1. The van der Waals surface area contributed by atoms with E-state index in [9.17, 15) is 9.59 Å². The number of piperidine rings is 1. The summed E-state index contributed by atoms with van der Waals surface area (Å²) in [6, 6.07) is 0. The third kappa shape index (κ3) is 3.14. The molecule has 2 fully saturated rings. The normalized spacial score (nSPS) is 25.0. The van der Waals surface area contributed by atoms with Crippen LogP contribution in [0.4, 0.5) is 4.79 Å². The molecule has 0 aliphatic carbocycles. The van der Waals surface area contributed by atoms with Crippen LogP contribution in [-0.2, 0) is 16.1 Å². The highest BCUT2D eigenvalue weighted by molar-refractivity contribution is 5.77. The maximum absolute atomic E-state index is 12.3. The summed E-state index contributed by atoms with van der Waals surface area (Å²) in [4.78, 5) is 29.2. The molecule has 2 aliphatic rings. The molecular formula is C13H19N5O3. The Balaban J connectivity index is 1.49. The number of carbonyl (C=O) groups is 2. The molecule has 1 aromatic rings. The molecule has 1 atom stereocenters. The Hall–Kier alpha value is -2.12. The Morgan fingerprint density at radius 3 is 3.14 bits per heavy atom. The Morgan fingerprint density at radius 1 is 1.52 bits per heavy atom. The van der Waals surface area contributed by atoms with E-state index in [1.54, 1.807) is 11.0 Å². The third-order valence-corrected chi connectivity index (χ3v) is 4.00. The summed E-state index contributed by atoms with van der Waals surface area (Å²) in [7, 11) is 0. The summed E-state index contributed by atoms with van der Waals surface area (Å²) in [5, 5.41) is 6.69. The van der Waals surface area contributed by atoms with Gasteiger partial charge in [0.25, 0.3) is 0 Å². The molecule has 3 rings (SSSR count). The molecule has 2 saturated heterocycles. The van der Waals surface area contributed by atoms with Crippen molar-refractivity contribution in [2.24, 2.45) is 0 Å². The van der Waals surface area contributed by atoms with Crippen molar-refractivity contribution in [3.63, 3.8) is 0 Å². The Labute approximate surface area is 122 Å². The van der Waals surface area contributed by atoms with Gasteiger partial charge in [-0.15, -0.1) is 0 Å². The zero-order valence-corrected chi connectivity index (χ0v) is 11.8. The molecule has 1 aromatic heterocycles. The van der Waals surface area contributed by atoms with Gasteiger partial charge in [0.1, 0.15) is 18.3 Å². The fourth-order valence-electron chi connectivity index (χ4n) is 2.94. The zero-order chi connectivity index (χ0) is 14.7. The largest absolute Gasteiger partial charge is 0.439 e. The summed E-state index contributed by atoms with van der Waals surface area (Å²) in [6.45, 7) is 2.41. The first-order valence-electron chi connectivity index (χ1n) is 7.24. The van der Waals surface area contributed by atoms with Gasteiger partial charge in [0.15, 0.2) is 0 Å². The first kappa shape index (κ1) is 13.8. The van der Waals surface area contributed by atoms with Gasteiger partial charge in [-0.2, -0.15) is 5.10 Å². The number of likely N-dealkylation sites (tertiary alicyclic amines) is 1. The van der Waals surface area contributed by atoms with Crippen molar-refractivity contribution in [2.45, 2.75) is 37.8 Å². The number of hydrogen-bond acceptors (Lipinski definition) is 5. The number of hydrogen-bond donors (Lipinski definition) is 1. The molecule has 0 unspecified atom stereocenters. The van der Waals surface area contributed by atoms with Crippen LogP contribution in [0.25, 0.3) is 0 Å². The quantitative estimate of drug-likeness (QED) is 0.854. The van der Waals surface area contributed by atoms with Crippen LogP contribution in [-0.4, -0.2) is 56.9 Å². The van der Waals surface area contributed by atoms with Crippen LogP contribution in [0.5, 0.6) is 0 Å². The average Bonchev–Trinajstić information content (AvgIpc) is 3.10. The molecule has 3 heterocycles. The van der Waals surface area contributed by atoms with Crippen LogP contribution >= 0.6 is 0 Å². The summed E-state index contributed by atoms with van der Waals surface area (Å²) in [5.41, 5.74) is -0.517. The molecule has 2 aliphatic heterocycles. The Morgan fingerprint density at radius 2 is 2.43 bits per heavy atom. The van der Waals surface area contributed by atoms with E-state index in [4.69, 9.17) is 4.74 Å². The predicted molar refractivity (Wildman–Crippen MR) is 72.3 cm³/mol. The fraction of sp³-hybridized carbons (Fsp3) is 0.692. The van der Waals surface area contributed by atoms with Gasteiger partial charge in [0.2, 0.25) is 5.91 Å². The highest BCUT2D eigenvalue weighted by atomic mass is 16.6. The lowest BCUT2D eigenvalue weighted by Gasteiger charge is -2.38. The van der Waals surface area contributed by atoms with Gasteiger partial charge in [0.05, 0.1) is 13.1 Å². The average molecular weight is 293 g/mol. The van der Waals surface area contributed by atoms with Gasteiger partial charge in [0, 0.05) is 19.5 Å². The van der Waals surface area contributed by atoms with Gasteiger partial charge < -0.3 is 15.0 Å². The van der Waals surface area contributed by atoms with Gasteiger partial charge in [-0.05, 0) is 19.3 Å². The first-order valence-corrected chi connectivity index (χ1v) is 7.24. The van der Waals surface area contributed by atoms with Crippen molar-refractivity contribution < 1.29 is 14.3 Å². The highest BCUT2D eigenvalue weighted by Gasteiger charge is 2.44. The van der Waals surface area contributed by atoms with Crippen molar-refractivity contribution in [1.82, 2.24) is 25.0 Å². The molecule has 8 heteroatoms. The molecule has 1 N–H and O–H groups in total. The van der Waals surface area contributed by atoms with Crippen molar-refractivity contribution in [3.05, 3.63) is 12.7 Å². The van der Waals surface area contributed by atoms with Crippen LogP contribution in [0.3, 0.4) is 0 Å². The number of aryl methyl sites for hydroxylation is 1. The molecule has 21 heavy (non-hydrogen) atoms. The molecule has 2 amide bonds. The SMILES string of the molecule is O=C1NC[C@]2(CCCN(C(=O)CCCn3cncn3)C2)O1. The van der Waals surface area contributed by atoms with Gasteiger partial charge in [-0.3, -0.25) is 9.48 Å². The second kappa shape index (κ2) is 5.71. The summed E-state index contributed by atoms with van der Waals surface area (Å²) < 4.78 is 7.08. The number of nitrogens with one attached hydrogen (secondary N) is 1. The number of rotatable bonds is 4. The smallest absolute Gasteiger partial charge is 0.407 e. The molecule has 0 aromatic carbocycles. The van der Waals surface area contributed by atoms with E-state index >= 15 is 0 Å². The van der Waals surface area contributed by atoms with E-state index < -0.39 is 5.60 Å². The van der Waals surface area contributed by atoms with Crippen molar-refractivity contribution in [1.29, 1.82) is 0 Å². The Bertz CT molecular complexity index is 518. The van der Waals surface area contributed by atoms with Crippen LogP contribution in [0.2, 0.25) is 0 Å². The number of alkyl carbamates (subject to hydrolysis) is 1. The van der Waals surface area contributed by atoms with Crippen LogP contribution < -0.4 is 5.32 Å². The van der Waals surface area contributed by atoms with Gasteiger partial charge >= 0.3 is 6.09 Å². The van der Waals surface area contributed by atoms with Crippen LogP contribution in [0.1, 0.15) is 25.7 Å². The zero-order valence-electron chi connectivity index (χ0n) is 11.8. The summed E-state index contributed by atoms with van der Waals surface area (Å²) >= 11 is 0. The van der Waals surface area contributed by atoms with Crippen LogP contribution in [0, 0.1) is 0 Å². The van der Waals surface area contributed by atoms with Crippen molar-refractivity contribution in [3.8, 4) is 0 Å². The topological polar surface area (TPSA) is 89.4 Å². The molecular weight excluding hydrogens is 274 g/mol. The second-order valence-corrected chi connectivity index (χ2v) is 5.61. The van der Waals surface area contributed by atoms with Crippen molar-refractivity contribution in [2.75, 3.05) is 19.6 Å². The fourth-order valence-corrected chi connectivity index (χ4v) is 2.94. The van der Waals surface area contributed by atoms with E-state index in [1.807, 2.05) is 4.90 Å². The maximum Gasteiger partial charge on any atom is 0.407 e. The van der Waals surface area contributed by atoms with E-state index in [-0.39, 0.29) is 12.0 Å². The first-order chi connectivity index (χ1) is 10.2. The number of aromatic nitrogens is 3. The van der Waals surface area contributed by atoms with E-state index in [0.29, 0.717) is 26.1 Å². The Kier molecular flexibility index (Phi) is 3.76. The maximum atomic E-state index is 12.3. The molecule has 8 nitrogen and oxygen atoms in total. The lowest BCUT2D eigenvalue weighted by Crippen LogP contribution is -2.52. The minimum Gasteiger partial charge on any atom is -0.439 e. The highest BCUT2D eigenvalue weighted by Crippen LogP contribution is 2.28. The molecule has 0 bridgehead atoms. The molecule has 114 valence electrons.